The first-order valence-electron chi connectivity index (χ1n) is 6.37. The van der Waals surface area contributed by atoms with Gasteiger partial charge in [0.15, 0.2) is 0 Å². The first-order chi connectivity index (χ1) is 9.63. The molecule has 0 saturated heterocycles. The molecule has 3 rings (SSSR count). The number of imidazole rings is 1. The third-order valence-corrected chi connectivity index (χ3v) is 3.74. The van der Waals surface area contributed by atoms with E-state index in [1.54, 1.807) is 16.7 Å². The molecule has 1 fully saturated rings. The van der Waals surface area contributed by atoms with Gasteiger partial charge in [-0.15, -0.1) is 6.42 Å². The lowest BCUT2D eigenvalue weighted by Crippen LogP contribution is -2.05. The van der Waals surface area contributed by atoms with E-state index in [9.17, 15) is 4.39 Å². The van der Waals surface area contributed by atoms with Crippen LogP contribution in [0.2, 0.25) is 5.02 Å². The van der Waals surface area contributed by atoms with Crippen molar-refractivity contribution in [3.63, 3.8) is 0 Å². The predicted molar refractivity (Wildman–Crippen MR) is 77.9 cm³/mol. The second kappa shape index (κ2) is 4.84. The molecule has 1 saturated carbocycles. The van der Waals surface area contributed by atoms with E-state index in [1.165, 1.54) is 6.07 Å². The molecular weight excluding hydrogens is 277 g/mol. The smallest absolute Gasteiger partial charge is 0.134 e. The Hall–Kier alpha value is -1.99. The number of anilines is 1. The monoisotopic (exact) mass is 289 g/mol. The Morgan fingerprint density at radius 1 is 1.50 bits per heavy atom. The van der Waals surface area contributed by atoms with E-state index in [-0.39, 0.29) is 5.56 Å². The molecule has 20 heavy (non-hydrogen) atoms. The SMILES string of the molecule is C#CCn1c(C2CC2)nc(-c2c(F)cccc2Cl)c1N. The molecule has 1 aliphatic carbocycles. The van der Waals surface area contributed by atoms with Gasteiger partial charge in [0, 0.05) is 5.92 Å². The number of hydrogen-bond donors (Lipinski definition) is 1. The standard InChI is InChI=1S/C15H13ClFN3/c1-2-8-20-14(18)13(19-15(20)9-6-7-9)12-10(16)4-3-5-11(12)17/h1,3-5,9H,6-8,18H2. The predicted octanol–water partition coefficient (Wildman–Crippen LogP) is 3.44. The Labute approximate surface area is 121 Å². The molecule has 0 spiro atoms. The zero-order valence-corrected chi connectivity index (χ0v) is 11.5. The zero-order chi connectivity index (χ0) is 14.3. The first-order valence-corrected chi connectivity index (χ1v) is 6.75. The van der Waals surface area contributed by atoms with Gasteiger partial charge in [-0.05, 0) is 25.0 Å². The molecule has 1 aromatic heterocycles. The Morgan fingerprint density at radius 2 is 2.25 bits per heavy atom. The van der Waals surface area contributed by atoms with E-state index in [4.69, 9.17) is 23.8 Å². The fourth-order valence-electron chi connectivity index (χ4n) is 2.30. The van der Waals surface area contributed by atoms with Crippen LogP contribution in [0, 0.1) is 18.2 Å². The number of hydrogen-bond acceptors (Lipinski definition) is 2. The summed E-state index contributed by atoms with van der Waals surface area (Å²) in [7, 11) is 0. The number of rotatable bonds is 3. The number of nitrogens with two attached hydrogens (primary N) is 1. The van der Waals surface area contributed by atoms with Gasteiger partial charge in [-0.25, -0.2) is 9.37 Å². The third kappa shape index (κ3) is 2.04. The number of nitrogen functional groups attached to an aromatic ring is 1. The van der Waals surface area contributed by atoms with Gasteiger partial charge in [0.05, 0.1) is 17.1 Å². The van der Waals surface area contributed by atoms with Gasteiger partial charge in [-0.1, -0.05) is 23.6 Å². The molecule has 2 aromatic rings. The maximum atomic E-state index is 14.0. The van der Waals surface area contributed by atoms with E-state index < -0.39 is 5.82 Å². The highest BCUT2D eigenvalue weighted by molar-refractivity contribution is 6.33. The molecule has 0 bridgehead atoms. The lowest BCUT2D eigenvalue weighted by atomic mass is 10.1. The average Bonchev–Trinajstić information content (AvgIpc) is 3.20. The molecule has 0 amide bonds. The lowest BCUT2D eigenvalue weighted by Gasteiger charge is -2.06. The molecule has 0 atom stereocenters. The van der Waals surface area contributed by atoms with Crippen molar-refractivity contribution in [3.8, 4) is 23.6 Å². The summed E-state index contributed by atoms with van der Waals surface area (Å²) >= 11 is 6.08. The van der Waals surface area contributed by atoms with Crippen LogP contribution in [0.15, 0.2) is 18.2 Å². The highest BCUT2D eigenvalue weighted by atomic mass is 35.5. The quantitative estimate of drug-likeness (QED) is 0.880. The minimum Gasteiger partial charge on any atom is -0.383 e. The van der Waals surface area contributed by atoms with Crippen molar-refractivity contribution in [3.05, 3.63) is 34.9 Å². The summed E-state index contributed by atoms with van der Waals surface area (Å²) in [6, 6.07) is 4.52. The summed E-state index contributed by atoms with van der Waals surface area (Å²) in [6.07, 6.45) is 7.49. The van der Waals surface area contributed by atoms with Gasteiger partial charge in [0.1, 0.15) is 23.2 Å². The second-order valence-electron chi connectivity index (χ2n) is 4.87. The normalized spacial score (nSPS) is 14.2. The topological polar surface area (TPSA) is 43.8 Å². The van der Waals surface area contributed by atoms with Gasteiger partial charge < -0.3 is 10.3 Å². The average molecular weight is 290 g/mol. The zero-order valence-electron chi connectivity index (χ0n) is 10.7. The van der Waals surface area contributed by atoms with E-state index in [0.29, 0.717) is 29.0 Å². The summed E-state index contributed by atoms with van der Waals surface area (Å²) in [5, 5.41) is 0.296. The third-order valence-electron chi connectivity index (χ3n) is 3.43. The number of terminal acetylenes is 1. The van der Waals surface area contributed by atoms with Crippen LogP contribution >= 0.6 is 11.6 Å². The molecule has 1 aromatic carbocycles. The second-order valence-corrected chi connectivity index (χ2v) is 5.27. The minimum absolute atomic E-state index is 0.240. The van der Waals surface area contributed by atoms with E-state index in [1.807, 2.05) is 0 Å². The summed E-state index contributed by atoms with van der Waals surface area (Å²) < 4.78 is 15.8. The first kappa shape index (κ1) is 13.0. The fraction of sp³-hybridized carbons (Fsp3) is 0.267. The van der Waals surface area contributed by atoms with Gasteiger partial charge >= 0.3 is 0 Å². The Morgan fingerprint density at radius 3 is 2.85 bits per heavy atom. The summed E-state index contributed by atoms with van der Waals surface area (Å²) in [5.74, 6) is 3.69. The van der Waals surface area contributed by atoms with Crippen LogP contribution in [0.25, 0.3) is 11.3 Å². The van der Waals surface area contributed by atoms with Crippen LogP contribution in [0.4, 0.5) is 10.2 Å². The number of benzene rings is 1. The largest absolute Gasteiger partial charge is 0.383 e. The van der Waals surface area contributed by atoms with E-state index in [2.05, 4.69) is 10.9 Å². The molecule has 2 N–H and O–H groups in total. The lowest BCUT2D eigenvalue weighted by molar-refractivity contribution is 0.631. The maximum absolute atomic E-state index is 14.0. The van der Waals surface area contributed by atoms with Crippen LogP contribution in [-0.4, -0.2) is 9.55 Å². The van der Waals surface area contributed by atoms with Crippen molar-refractivity contribution in [2.24, 2.45) is 0 Å². The van der Waals surface area contributed by atoms with Crippen LogP contribution in [0.5, 0.6) is 0 Å². The maximum Gasteiger partial charge on any atom is 0.134 e. The van der Waals surface area contributed by atoms with Crippen molar-refractivity contribution < 1.29 is 4.39 Å². The van der Waals surface area contributed by atoms with Crippen molar-refractivity contribution in [1.82, 2.24) is 9.55 Å². The van der Waals surface area contributed by atoms with Crippen molar-refractivity contribution in [1.29, 1.82) is 0 Å². The molecule has 1 aliphatic rings. The highest BCUT2D eigenvalue weighted by Gasteiger charge is 2.31. The number of nitrogens with zero attached hydrogens (tertiary/aromatic N) is 2. The molecule has 5 heteroatoms. The van der Waals surface area contributed by atoms with Gasteiger partial charge in [-0.3, -0.25) is 0 Å². The van der Waals surface area contributed by atoms with Crippen molar-refractivity contribution >= 4 is 17.4 Å². The van der Waals surface area contributed by atoms with Gasteiger partial charge in [-0.2, -0.15) is 0 Å². The summed E-state index contributed by atoms with van der Waals surface area (Å²) in [4.78, 5) is 4.50. The van der Waals surface area contributed by atoms with Crippen molar-refractivity contribution in [2.75, 3.05) is 5.73 Å². The van der Waals surface area contributed by atoms with Crippen LogP contribution in [0.1, 0.15) is 24.6 Å². The molecular formula is C15H13ClFN3. The van der Waals surface area contributed by atoms with Gasteiger partial charge in [0.25, 0.3) is 0 Å². The van der Waals surface area contributed by atoms with Crippen LogP contribution < -0.4 is 5.73 Å². The molecule has 1 heterocycles. The molecule has 3 nitrogen and oxygen atoms in total. The van der Waals surface area contributed by atoms with E-state index in [0.717, 1.165) is 18.7 Å². The van der Waals surface area contributed by atoms with Crippen molar-refractivity contribution in [2.45, 2.75) is 25.3 Å². The highest BCUT2D eigenvalue weighted by Crippen LogP contribution is 2.43. The molecule has 0 radical (unpaired) electrons. The Balaban J connectivity index is 2.20. The molecule has 102 valence electrons. The number of aromatic nitrogens is 2. The Kier molecular flexibility index (Phi) is 3.15. The summed E-state index contributed by atoms with van der Waals surface area (Å²) in [6.45, 7) is 0.330. The fourth-order valence-corrected chi connectivity index (χ4v) is 2.55. The molecule has 0 unspecified atom stereocenters. The molecule has 0 aliphatic heterocycles. The number of halogens is 2. The van der Waals surface area contributed by atoms with Gasteiger partial charge in [0.2, 0.25) is 0 Å². The minimum atomic E-state index is -0.433. The van der Waals surface area contributed by atoms with E-state index >= 15 is 0 Å². The Bertz CT molecular complexity index is 690. The summed E-state index contributed by atoms with van der Waals surface area (Å²) in [5.41, 5.74) is 6.73. The van der Waals surface area contributed by atoms with Crippen LogP contribution in [0.3, 0.4) is 0 Å². The van der Waals surface area contributed by atoms with Crippen LogP contribution in [-0.2, 0) is 6.54 Å².